The summed E-state index contributed by atoms with van der Waals surface area (Å²) < 4.78 is 5.58. The molecule has 0 spiro atoms. The molecule has 0 aromatic carbocycles. The quantitative estimate of drug-likeness (QED) is 0.692. The van der Waals surface area contributed by atoms with Crippen LogP contribution in [0.2, 0.25) is 0 Å². The Morgan fingerprint density at radius 2 is 1.79 bits per heavy atom. The van der Waals surface area contributed by atoms with Crippen molar-refractivity contribution < 1.29 is 9.84 Å². The zero-order valence-electron chi connectivity index (χ0n) is 8.56. The zero-order valence-corrected chi connectivity index (χ0v) is 8.56. The Morgan fingerprint density at radius 1 is 1.14 bits per heavy atom. The van der Waals surface area contributed by atoms with Crippen molar-refractivity contribution in [3.63, 3.8) is 0 Å². The molecule has 0 amide bonds. The minimum atomic E-state index is 0.358. The van der Waals surface area contributed by atoms with Crippen molar-refractivity contribution in [3.05, 3.63) is 0 Å². The third-order valence-corrected chi connectivity index (χ3v) is 4.09. The van der Waals surface area contributed by atoms with Gasteiger partial charge in [-0.2, -0.15) is 0 Å². The lowest BCUT2D eigenvalue weighted by Crippen LogP contribution is -2.54. The molecule has 3 aliphatic rings. The predicted octanol–water partition coefficient (Wildman–Crippen LogP) is 0.335. The van der Waals surface area contributed by atoms with Crippen LogP contribution in [0.3, 0.4) is 0 Å². The van der Waals surface area contributed by atoms with E-state index in [1.165, 1.54) is 12.8 Å². The molecule has 2 saturated heterocycles. The number of hydrogen-bond acceptors (Lipinski definition) is 3. The molecule has 2 unspecified atom stereocenters. The molecule has 0 radical (unpaired) electrons. The number of aliphatic hydroxyl groups is 1. The minimum Gasteiger partial charge on any atom is -0.396 e. The maximum Gasteiger partial charge on any atom is 0.0510 e. The third kappa shape index (κ3) is 1.47. The van der Waals surface area contributed by atoms with Crippen LogP contribution in [0.25, 0.3) is 0 Å². The van der Waals surface area contributed by atoms with Crippen LogP contribution in [0.5, 0.6) is 0 Å². The molecule has 2 atom stereocenters. The largest absolute Gasteiger partial charge is 0.396 e. The Kier molecular flexibility index (Phi) is 2.26. The summed E-state index contributed by atoms with van der Waals surface area (Å²) in [6.45, 7) is 4.41. The van der Waals surface area contributed by atoms with Crippen LogP contribution in [0, 0.1) is 17.8 Å². The molecular weight excluding hydrogens is 178 g/mol. The van der Waals surface area contributed by atoms with Crippen molar-refractivity contribution in [1.82, 2.24) is 4.90 Å². The molecule has 0 aromatic heterocycles. The molecular formula is C11H19NO2. The fraction of sp³-hybridized carbons (Fsp3) is 1.00. The highest BCUT2D eigenvalue weighted by molar-refractivity contribution is 4.95. The van der Waals surface area contributed by atoms with E-state index in [4.69, 9.17) is 4.74 Å². The molecule has 1 saturated carbocycles. The van der Waals surface area contributed by atoms with Gasteiger partial charge in [-0.25, -0.2) is 0 Å². The van der Waals surface area contributed by atoms with Gasteiger partial charge in [0.15, 0.2) is 0 Å². The van der Waals surface area contributed by atoms with Gasteiger partial charge in [0.2, 0.25) is 0 Å². The maximum absolute atomic E-state index is 9.36. The number of ether oxygens (including phenoxy) is 1. The topological polar surface area (TPSA) is 32.7 Å². The average Bonchev–Trinajstić information content (AvgIpc) is 2.98. The fourth-order valence-corrected chi connectivity index (χ4v) is 3.09. The smallest absolute Gasteiger partial charge is 0.0510 e. The van der Waals surface area contributed by atoms with Gasteiger partial charge in [0.05, 0.1) is 13.2 Å². The summed E-state index contributed by atoms with van der Waals surface area (Å²) in [6, 6.07) is 0.873. The van der Waals surface area contributed by atoms with E-state index in [1.807, 2.05) is 0 Å². The summed E-state index contributed by atoms with van der Waals surface area (Å²) in [4.78, 5) is 2.63. The monoisotopic (exact) mass is 197 g/mol. The van der Waals surface area contributed by atoms with E-state index < -0.39 is 0 Å². The van der Waals surface area contributed by atoms with Crippen LogP contribution in [0.15, 0.2) is 0 Å². The Labute approximate surface area is 85.0 Å². The van der Waals surface area contributed by atoms with Gasteiger partial charge in [-0.1, -0.05) is 0 Å². The number of rotatable bonds is 2. The van der Waals surface area contributed by atoms with Gasteiger partial charge in [-0.05, 0) is 18.8 Å². The first-order chi connectivity index (χ1) is 6.88. The molecule has 3 heteroatoms. The minimum absolute atomic E-state index is 0.358. The number of aliphatic hydroxyl groups excluding tert-OH is 1. The Morgan fingerprint density at radius 3 is 2.29 bits per heavy atom. The van der Waals surface area contributed by atoms with E-state index in [2.05, 4.69) is 4.90 Å². The number of hydrogen-bond donors (Lipinski definition) is 1. The summed E-state index contributed by atoms with van der Waals surface area (Å²) in [5.74, 6) is 1.69. The molecule has 1 N–H and O–H groups in total. The van der Waals surface area contributed by atoms with E-state index in [0.717, 1.165) is 32.3 Å². The molecule has 14 heavy (non-hydrogen) atoms. The van der Waals surface area contributed by atoms with E-state index in [0.29, 0.717) is 24.4 Å². The highest BCUT2D eigenvalue weighted by Gasteiger charge is 2.43. The Hall–Kier alpha value is -0.120. The van der Waals surface area contributed by atoms with Crippen molar-refractivity contribution in [2.24, 2.45) is 17.8 Å². The van der Waals surface area contributed by atoms with Crippen LogP contribution >= 0.6 is 0 Å². The van der Waals surface area contributed by atoms with Gasteiger partial charge in [-0.3, -0.25) is 4.90 Å². The first kappa shape index (κ1) is 9.13. The fourth-order valence-electron chi connectivity index (χ4n) is 3.09. The van der Waals surface area contributed by atoms with Crippen LogP contribution in [0.4, 0.5) is 0 Å². The first-order valence-corrected chi connectivity index (χ1v) is 5.81. The van der Waals surface area contributed by atoms with Crippen molar-refractivity contribution in [2.75, 3.05) is 32.9 Å². The molecule has 0 aromatic rings. The number of piperidine rings is 1. The summed E-state index contributed by atoms with van der Waals surface area (Å²) >= 11 is 0. The van der Waals surface area contributed by atoms with Crippen molar-refractivity contribution in [1.29, 1.82) is 0 Å². The molecule has 2 aliphatic heterocycles. The molecule has 3 fully saturated rings. The van der Waals surface area contributed by atoms with Gasteiger partial charge < -0.3 is 9.84 Å². The molecule has 80 valence electrons. The predicted molar refractivity (Wildman–Crippen MR) is 53.0 cm³/mol. The second-order valence-corrected chi connectivity index (χ2v) is 5.09. The average molecular weight is 197 g/mol. The molecule has 3 nitrogen and oxygen atoms in total. The van der Waals surface area contributed by atoms with Gasteiger partial charge in [0.25, 0.3) is 0 Å². The van der Waals surface area contributed by atoms with Crippen molar-refractivity contribution >= 4 is 0 Å². The zero-order chi connectivity index (χ0) is 9.54. The second-order valence-electron chi connectivity index (χ2n) is 5.09. The van der Waals surface area contributed by atoms with Crippen LogP contribution < -0.4 is 0 Å². The number of likely N-dealkylation sites (tertiary alicyclic amines) is 1. The van der Waals surface area contributed by atoms with Crippen molar-refractivity contribution in [2.45, 2.75) is 18.9 Å². The van der Waals surface area contributed by atoms with Gasteiger partial charge in [0.1, 0.15) is 0 Å². The van der Waals surface area contributed by atoms with E-state index >= 15 is 0 Å². The summed E-state index contributed by atoms with van der Waals surface area (Å²) in [7, 11) is 0. The van der Waals surface area contributed by atoms with Gasteiger partial charge in [-0.15, -0.1) is 0 Å². The first-order valence-electron chi connectivity index (χ1n) is 5.81. The van der Waals surface area contributed by atoms with Crippen LogP contribution in [-0.4, -0.2) is 49.0 Å². The molecule has 1 aliphatic carbocycles. The third-order valence-electron chi connectivity index (χ3n) is 4.09. The highest BCUT2D eigenvalue weighted by atomic mass is 16.5. The lowest BCUT2D eigenvalue weighted by molar-refractivity contribution is -0.0987. The van der Waals surface area contributed by atoms with Crippen LogP contribution in [-0.2, 0) is 4.74 Å². The van der Waals surface area contributed by atoms with E-state index in [9.17, 15) is 5.11 Å². The number of fused-ring (bicyclic) bond motifs is 2. The summed E-state index contributed by atoms with van der Waals surface area (Å²) in [5, 5.41) is 9.36. The number of nitrogens with zero attached hydrogens (tertiary/aromatic N) is 1. The van der Waals surface area contributed by atoms with Gasteiger partial charge >= 0.3 is 0 Å². The standard InChI is InChI=1S/C11H19NO2/c13-5-11-8-3-12(10-1-2-10)4-9(11)7-14-6-8/h8-11,13H,1-7H2. The molecule has 2 heterocycles. The SMILES string of the molecule is OCC1C2COCC1CN(C1CC1)C2. The summed E-state index contributed by atoms with van der Waals surface area (Å²) in [6.07, 6.45) is 2.79. The van der Waals surface area contributed by atoms with Crippen molar-refractivity contribution in [3.8, 4) is 0 Å². The lowest BCUT2D eigenvalue weighted by atomic mass is 9.77. The Balaban J connectivity index is 1.71. The highest BCUT2D eigenvalue weighted by Crippen LogP contribution is 2.38. The van der Waals surface area contributed by atoms with Gasteiger partial charge in [0, 0.05) is 37.6 Å². The summed E-state index contributed by atoms with van der Waals surface area (Å²) in [5.41, 5.74) is 0. The lowest BCUT2D eigenvalue weighted by Gasteiger charge is -2.46. The van der Waals surface area contributed by atoms with E-state index in [1.54, 1.807) is 0 Å². The van der Waals surface area contributed by atoms with E-state index in [-0.39, 0.29) is 0 Å². The maximum atomic E-state index is 9.36. The Bertz CT molecular complexity index is 203. The second kappa shape index (κ2) is 3.47. The molecule has 3 rings (SSSR count). The molecule has 2 bridgehead atoms. The van der Waals surface area contributed by atoms with Crippen LogP contribution in [0.1, 0.15) is 12.8 Å². The normalized spacial score (nSPS) is 43.9.